The topological polar surface area (TPSA) is 310 Å². The minimum atomic E-state index is -5.15. The molecule has 0 spiro atoms. The van der Waals surface area contributed by atoms with Crippen LogP contribution in [0.2, 0.25) is 0 Å². The Labute approximate surface area is 395 Å². The maximum absolute atomic E-state index is 12.4. The smallest absolute Gasteiger partial charge is 0.872 e. The molecule has 4 N–H and O–H groups in total. The van der Waals surface area contributed by atoms with Gasteiger partial charge in [0.05, 0.1) is 44.3 Å². The molecule has 6 aromatic carbocycles. The van der Waals surface area contributed by atoms with Crippen molar-refractivity contribution in [2.75, 3.05) is 0 Å². The van der Waals surface area contributed by atoms with Crippen LogP contribution in [0.15, 0.2) is 144 Å². The number of phenols is 1. The largest absolute Gasteiger partial charge is 1.00 e. The van der Waals surface area contributed by atoms with Crippen molar-refractivity contribution >= 4 is 71.1 Å². The van der Waals surface area contributed by atoms with E-state index < -0.39 is 75.9 Å². The van der Waals surface area contributed by atoms with Crippen molar-refractivity contribution in [3.63, 3.8) is 0 Å². The molecule has 6 rings (SSSR count). The molecular formula is C35H21N6Na3O12S2. The summed E-state index contributed by atoms with van der Waals surface area (Å²) in [5.41, 5.74) is 0.153. The van der Waals surface area contributed by atoms with E-state index in [0.29, 0.717) is 11.3 Å². The summed E-state index contributed by atoms with van der Waals surface area (Å²) in [6.45, 7) is 0. The van der Waals surface area contributed by atoms with Crippen LogP contribution >= 0.6 is 0 Å². The number of hydrogen-bond donors (Lipinski definition) is 4. The van der Waals surface area contributed by atoms with Gasteiger partial charge in [0.15, 0.2) is 5.75 Å². The van der Waals surface area contributed by atoms with Crippen molar-refractivity contribution in [2.24, 2.45) is 30.7 Å². The number of carboxylic acid groups (broad SMARTS) is 1. The first-order chi connectivity index (χ1) is 26.0. The van der Waals surface area contributed by atoms with Crippen LogP contribution in [-0.4, -0.2) is 42.1 Å². The number of carbonyl (C=O) groups is 1. The fourth-order valence-corrected chi connectivity index (χ4v) is 6.25. The third kappa shape index (κ3) is 11.3. The molecule has 6 aromatic rings. The SMILES string of the molecule is O=C(O)c1cc(N=Nc2ccc(-c3ccc(N=Nc4c(S(=O)(=O)O)cc5cc(S(=O)(=O)O)cc(N=Nc6ccc([O-])cc6[O-])c5c4O)cc3)cc2)ccc1[O-].[Na+].[Na+].[Na+]. The molecule has 23 heteroatoms. The minimum absolute atomic E-state index is 0. The fourth-order valence-electron chi connectivity index (χ4n) is 5.06. The molecule has 0 bridgehead atoms. The van der Waals surface area contributed by atoms with Crippen LogP contribution in [0.4, 0.5) is 34.1 Å². The van der Waals surface area contributed by atoms with Crippen LogP contribution in [0.25, 0.3) is 21.9 Å². The van der Waals surface area contributed by atoms with E-state index >= 15 is 0 Å². The Balaban J connectivity index is 0.00000300. The summed E-state index contributed by atoms with van der Waals surface area (Å²) in [6.07, 6.45) is 0. The van der Waals surface area contributed by atoms with Crippen molar-refractivity contribution in [1.82, 2.24) is 0 Å². The summed E-state index contributed by atoms with van der Waals surface area (Å²) < 4.78 is 68.6. The van der Waals surface area contributed by atoms with Gasteiger partial charge >= 0.3 is 94.6 Å². The predicted molar refractivity (Wildman–Crippen MR) is 188 cm³/mol. The van der Waals surface area contributed by atoms with Gasteiger partial charge < -0.3 is 25.5 Å². The third-order valence-electron chi connectivity index (χ3n) is 7.68. The maximum atomic E-state index is 12.4. The standard InChI is InChI=1S/C35H24N6O12S2.3Na/c42-24-10-11-27(30(44)16-24)39-40-28-17-25(54(48,49)50)13-20-14-31(55(51,52)53)33(34(45)32(20)28)41-37-22-7-3-19(4-8-22)18-1-5-21(6-2-18)36-38-23-9-12-29(43)26(15-23)35(46)47;;;/h1-17,42-45H,(H,46,47)(H,48,49,50)(H,51,52,53);;;/q;3*+1/p-3. The Hall–Kier alpha value is -4.13. The normalized spacial score (nSPS) is 11.7. The number of aromatic hydroxyl groups is 1. The van der Waals surface area contributed by atoms with Gasteiger partial charge in [-0.3, -0.25) is 9.11 Å². The maximum Gasteiger partial charge on any atom is 1.00 e. The third-order valence-corrected chi connectivity index (χ3v) is 9.38. The minimum Gasteiger partial charge on any atom is -0.872 e. The number of azo groups is 3. The quantitative estimate of drug-likeness (QED) is 0.0654. The Kier molecular flexibility index (Phi) is 16.4. The number of nitrogens with zero attached hydrogens (tertiary/aromatic N) is 6. The molecular weight excluding hydrogens is 830 g/mol. The van der Waals surface area contributed by atoms with Crippen LogP contribution in [0.3, 0.4) is 0 Å². The molecule has 0 saturated carbocycles. The Bertz CT molecular complexity index is 2840. The van der Waals surface area contributed by atoms with Gasteiger partial charge in [-0.05, 0) is 77.2 Å². The van der Waals surface area contributed by atoms with E-state index in [1.54, 1.807) is 36.4 Å². The zero-order chi connectivity index (χ0) is 39.7. The van der Waals surface area contributed by atoms with Crippen molar-refractivity contribution in [1.29, 1.82) is 0 Å². The molecule has 0 saturated heterocycles. The van der Waals surface area contributed by atoms with Gasteiger partial charge in [0.25, 0.3) is 20.2 Å². The second kappa shape index (κ2) is 19.7. The average Bonchev–Trinajstić information content (AvgIpc) is 3.13. The van der Waals surface area contributed by atoms with Gasteiger partial charge in [0, 0.05) is 0 Å². The number of carboxylic acids is 1. The molecule has 278 valence electrons. The molecule has 0 amide bonds. The number of fused-ring (bicyclic) bond motifs is 1. The molecule has 0 aliphatic rings. The summed E-state index contributed by atoms with van der Waals surface area (Å²) in [4.78, 5) is 9.42. The zero-order valence-corrected chi connectivity index (χ0v) is 38.0. The van der Waals surface area contributed by atoms with Crippen LogP contribution in [0.1, 0.15) is 10.4 Å². The van der Waals surface area contributed by atoms with E-state index in [1.165, 1.54) is 18.2 Å². The number of benzene rings is 6. The van der Waals surface area contributed by atoms with Gasteiger partial charge in [-0.25, -0.2) is 4.79 Å². The number of phenolic OH excluding ortho intramolecular Hbond substituents is 1. The number of rotatable bonds is 10. The second-order valence-corrected chi connectivity index (χ2v) is 14.2. The first kappa shape index (κ1) is 48.2. The van der Waals surface area contributed by atoms with E-state index in [0.717, 1.165) is 54.1 Å². The van der Waals surface area contributed by atoms with Crippen LogP contribution in [0, 0.1) is 0 Å². The molecule has 0 unspecified atom stereocenters. The summed E-state index contributed by atoms with van der Waals surface area (Å²) >= 11 is 0. The monoisotopic (exact) mass is 850 g/mol. The summed E-state index contributed by atoms with van der Waals surface area (Å²) in [6, 6.07) is 21.7. The van der Waals surface area contributed by atoms with E-state index in [9.17, 15) is 51.2 Å². The van der Waals surface area contributed by atoms with Gasteiger partial charge in [-0.1, -0.05) is 54.0 Å². The van der Waals surface area contributed by atoms with Crippen LogP contribution in [0.5, 0.6) is 23.0 Å². The molecule has 0 fully saturated rings. The van der Waals surface area contributed by atoms with E-state index in [1.807, 2.05) is 0 Å². The number of hydrogen-bond acceptors (Lipinski definition) is 15. The average molecular weight is 851 g/mol. The first-order valence-electron chi connectivity index (χ1n) is 15.2. The van der Waals surface area contributed by atoms with Crippen molar-refractivity contribution < 1.29 is 145 Å². The first-order valence-corrected chi connectivity index (χ1v) is 18.1. The summed E-state index contributed by atoms with van der Waals surface area (Å²) in [5, 5.41) is 78.5. The Morgan fingerprint density at radius 3 is 1.62 bits per heavy atom. The fraction of sp³-hybridized carbons (Fsp3) is 0. The number of aromatic carboxylic acids is 1. The van der Waals surface area contributed by atoms with E-state index in [4.69, 9.17) is 5.11 Å². The Morgan fingerprint density at radius 1 is 0.552 bits per heavy atom. The van der Waals surface area contributed by atoms with Crippen molar-refractivity contribution in [3.8, 4) is 34.1 Å². The molecule has 0 aromatic heterocycles. The summed E-state index contributed by atoms with van der Waals surface area (Å²) in [5.74, 6) is -4.41. The molecule has 0 atom stereocenters. The van der Waals surface area contributed by atoms with Gasteiger partial charge in [0.1, 0.15) is 10.6 Å². The zero-order valence-electron chi connectivity index (χ0n) is 30.4. The van der Waals surface area contributed by atoms with Gasteiger partial charge in [0.2, 0.25) is 0 Å². The van der Waals surface area contributed by atoms with Crippen LogP contribution < -0.4 is 104 Å². The van der Waals surface area contributed by atoms with E-state index in [-0.39, 0.29) is 117 Å². The molecule has 0 aliphatic carbocycles. The molecule has 0 heterocycles. The second-order valence-electron chi connectivity index (χ2n) is 11.4. The van der Waals surface area contributed by atoms with Crippen molar-refractivity contribution in [3.05, 3.63) is 109 Å². The molecule has 58 heavy (non-hydrogen) atoms. The van der Waals surface area contributed by atoms with Crippen molar-refractivity contribution in [2.45, 2.75) is 9.79 Å². The van der Waals surface area contributed by atoms with Gasteiger partial charge in [-0.15, -0.1) is 16.0 Å². The van der Waals surface area contributed by atoms with Gasteiger partial charge in [-0.2, -0.15) is 37.3 Å². The van der Waals surface area contributed by atoms with E-state index in [2.05, 4.69) is 30.7 Å². The molecule has 18 nitrogen and oxygen atoms in total. The Morgan fingerprint density at radius 2 is 1.09 bits per heavy atom. The summed E-state index contributed by atoms with van der Waals surface area (Å²) in [7, 11) is -10.1. The van der Waals surface area contributed by atoms with Crippen LogP contribution in [-0.2, 0) is 20.2 Å². The molecule has 0 radical (unpaired) electrons. The molecule has 0 aliphatic heterocycles. The predicted octanol–water partition coefficient (Wildman–Crippen LogP) is -2.12.